The van der Waals surface area contributed by atoms with Gasteiger partial charge in [0.2, 0.25) is 17.7 Å². The number of hydrogen-bond acceptors (Lipinski definition) is 9. The van der Waals surface area contributed by atoms with E-state index in [1.165, 1.54) is 0 Å². The molecule has 0 unspecified atom stereocenters. The summed E-state index contributed by atoms with van der Waals surface area (Å²) in [5.41, 5.74) is 7.64. The number of carbonyl (C=O) groups excluding carboxylic acids is 3. The number of aliphatic carboxylic acids is 1. The minimum absolute atomic E-state index is 0.132. The molecule has 0 aromatic heterocycles. The second-order valence-corrected chi connectivity index (χ2v) is 5.53. The molecule has 0 bridgehead atoms. The molecule has 1 atom stereocenters. The smallest absolute Gasteiger partial charge is 0.326 e. The first-order valence-electron chi connectivity index (χ1n) is 8.75. The van der Waals surface area contributed by atoms with Gasteiger partial charge in [0.25, 0.3) is 0 Å². The lowest BCUT2D eigenvalue weighted by Crippen LogP contribution is -2.44. The number of nitrogens with two attached hydrogens (primary N) is 2. The Morgan fingerprint density at radius 3 is 2.29 bits per heavy atom. The molecule has 0 fully saturated rings. The number of nitrogens with one attached hydrogen (secondary N) is 4. The van der Waals surface area contributed by atoms with E-state index in [4.69, 9.17) is 26.2 Å². The van der Waals surface area contributed by atoms with Crippen molar-refractivity contribution in [3.05, 3.63) is 0 Å². The van der Waals surface area contributed by atoms with Gasteiger partial charge in [-0.25, -0.2) is 4.79 Å². The fourth-order valence-electron chi connectivity index (χ4n) is 1.83. The molecule has 0 aromatic rings. The fourth-order valence-corrected chi connectivity index (χ4v) is 1.83. The van der Waals surface area contributed by atoms with Crippen molar-refractivity contribution in [2.75, 3.05) is 52.6 Å². The van der Waals surface area contributed by atoms with Gasteiger partial charge in [0.15, 0.2) is 0 Å². The summed E-state index contributed by atoms with van der Waals surface area (Å²) in [7, 11) is 0. The van der Waals surface area contributed by atoms with Gasteiger partial charge in [0.1, 0.15) is 12.6 Å². The first kappa shape index (κ1) is 25.7. The molecule has 0 saturated heterocycles. The average Bonchev–Trinajstić information content (AvgIpc) is 2.66. The molecule has 9 N–H and O–H groups in total. The Labute approximate surface area is 162 Å². The van der Waals surface area contributed by atoms with Crippen LogP contribution in [0.2, 0.25) is 0 Å². The van der Waals surface area contributed by atoms with E-state index in [2.05, 4.69) is 21.4 Å². The zero-order chi connectivity index (χ0) is 21.2. The lowest BCUT2D eigenvalue weighted by Gasteiger charge is -2.14. The summed E-state index contributed by atoms with van der Waals surface area (Å²) in [6.45, 7) is 1.29. The summed E-state index contributed by atoms with van der Waals surface area (Å²) in [5.74, 6) is 2.25. The number of carbonyl (C=O) groups is 4. The van der Waals surface area contributed by atoms with Gasteiger partial charge in [0.05, 0.1) is 26.4 Å². The second-order valence-electron chi connectivity index (χ2n) is 5.53. The Morgan fingerprint density at radius 1 is 0.929 bits per heavy atom. The first-order valence-corrected chi connectivity index (χ1v) is 8.75. The maximum atomic E-state index is 11.7. The fraction of sp³-hybridized carbons (Fsp3) is 0.733. The van der Waals surface area contributed by atoms with Gasteiger partial charge in [-0.3, -0.25) is 25.7 Å². The van der Waals surface area contributed by atoms with E-state index in [1.807, 2.05) is 0 Å². The first-order chi connectivity index (χ1) is 13.4. The summed E-state index contributed by atoms with van der Waals surface area (Å²) in [4.78, 5) is 45.9. The normalized spacial score (nSPS) is 11.5. The van der Waals surface area contributed by atoms with Gasteiger partial charge in [-0.2, -0.15) is 0 Å². The Bertz CT molecular complexity index is 492. The Morgan fingerprint density at radius 2 is 1.64 bits per heavy atom. The Hall–Kier alpha value is -2.32. The summed E-state index contributed by atoms with van der Waals surface area (Å²) in [5, 5.41) is 16.2. The number of ether oxygens (including phenoxy) is 2. The molecule has 0 aliphatic rings. The number of hydrogen-bond donors (Lipinski definition) is 7. The van der Waals surface area contributed by atoms with Crippen LogP contribution >= 0.6 is 0 Å². The van der Waals surface area contributed by atoms with Crippen LogP contribution in [0.1, 0.15) is 12.8 Å². The molecule has 0 rings (SSSR count). The highest BCUT2D eigenvalue weighted by Crippen LogP contribution is 1.98. The molecule has 0 radical (unpaired) electrons. The zero-order valence-corrected chi connectivity index (χ0v) is 15.7. The summed E-state index contributed by atoms with van der Waals surface area (Å²) >= 11 is 0. The van der Waals surface area contributed by atoms with E-state index in [-0.39, 0.29) is 45.8 Å². The largest absolute Gasteiger partial charge is 0.480 e. The molecule has 13 nitrogen and oxygen atoms in total. The highest BCUT2D eigenvalue weighted by molar-refractivity contribution is 5.86. The van der Waals surface area contributed by atoms with Crippen molar-refractivity contribution in [2.24, 2.45) is 11.6 Å². The average molecular weight is 406 g/mol. The summed E-state index contributed by atoms with van der Waals surface area (Å²) in [6.07, 6.45) is -0.308. The highest BCUT2D eigenvalue weighted by atomic mass is 16.5. The van der Waals surface area contributed by atoms with Crippen molar-refractivity contribution in [1.29, 1.82) is 0 Å². The van der Waals surface area contributed by atoms with Crippen LogP contribution in [0.25, 0.3) is 0 Å². The second kappa shape index (κ2) is 16.8. The van der Waals surface area contributed by atoms with Gasteiger partial charge < -0.3 is 36.3 Å². The van der Waals surface area contributed by atoms with Crippen LogP contribution in [0.15, 0.2) is 0 Å². The third-order valence-electron chi connectivity index (χ3n) is 3.20. The van der Waals surface area contributed by atoms with Crippen LogP contribution < -0.4 is 33.0 Å². The van der Waals surface area contributed by atoms with Crippen molar-refractivity contribution in [3.8, 4) is 0 Å². The van der Waals surface area contributed by atoms with Gasteiger partial charge in [-0.05, 0) is 6.42 Å². The number of hydrazine groups is 1. The number of carboxylic acids is 1. The zero-order valence-electron chi connectivity index (χ0n) is 15.7. The van der Waals surface area contributed by atoms with Crippen molar-refractivity contribution in [1.82, 2.24) is 21.4 Å². The molecule has 0 aliphatic heterocycles. The van der Waals surface area contributed by atoms with Crippen molar-refractivity contribution in [2.45, 2.75) is 18.9 Å². The predicted molar refractivity (Wildman–Crippen MR) is 97.7 cm³/mol. The van der Waals surface area contributed by atoms with Crippen molar-refractivity contribution >= 4 is 23.7 Å². The minimum Gasteiger partial charge on any atom is -0.480 e. The van der Waals surface area contributed by atoms with Gasteiger partial charge in [0, 0.05) is 26.1 Å². The Balaban J connectivity index is 4.01. The van der Waals surface area contributed by atoms with E-state index in [0.29, 0.717) is 19.7 Å². The van der Waals surface area contributed by atoms with Gasteiger partial charge >= 0.3 is 5.97 Å². The minimum atomic E-state index is -1.28. The van der Waals surface area contributed by atoms with Crippen molar-refractivity contribution in [3.63, 3.8) is 0 Å². The quantitative estimate of drug-likeness (QED) is 0.0708. The lowest BCUT2D eigenvalue weighted by atomic mass is 10.1. The molecule has 162 valence electrons. The standard InChI is InChI=1S/C15H30N6O7/c16-3-4-18-13(23)9-19-12(22)2-1-11(15(25)26)21-14(24)10-28-8-7-27-6-5-20-17/h11,20H,1-10,16-17H2,(H,18,23)(H,19,22)(H,21,24)(H,25,26)/t11-/m0/s1. The van der Waals surface area contributed by atoms with E-state index < -0.39 is 29.7 Å². The van der Waals surface area contributed by atoms with Crippen LogP contribution in [-0.2, 0) is 28.7 Å². The third-order valence-corrected chi connectivity index (χ3v) is 3.20. The molecule has 13 heteroatoms. The van der Waals surface area contributed by atoms with Crippen LogP contribution in [0.3, 0.4) is 0 Å². The molecule has 0 aliphatic carbocycles. The van der Waals surface area contributed by atoms with Crippen LogP contribution in [-0.4, -0.2) is 87.4 Å². The molecular weight excluding hydrogens is 376 g/mol. The summed E-state index contributed by atoms with van der Waals surface area (Å²) < 4.78 is 10.2. The number of carboxylic acid groups (broad SMARTS) is 1. The highest BCUT2D eigenvalue weighted by Gasteiger charge is 2.21. The van der Waals surface area contributed by atoms with Crippen LogP contribution in [0, 0.1) is 0 Å². The third kappa shape index (κ3) is 14.8. The Kier molecular flexibility index (Phi) is 15.4. The molecule has 28 heavy (non-hydrogen) atoms. The SMILES string of the molecule is NCCNC(=O)CNC(=O)CC[C@H](NC(=O)COCCOCCNN)C(=O)O. The van der Waals surface area contributed by atoms with Crippen LogP contribution in [0.4, 0.5) is 0 Å². The molecule has 0 saturated carbocycles. The summed E-state index contributed by atoms with van der Waals surface area (Å²) in [6, 6.07) is -1.25. The predicted octanol–water partition coefficient (Wildman–Crippen LogP) is -3.98. The van der Waals surface area contributed by atoms with E-state index >= 15 is 0 Å². The molecule has 0 spiro atoms. The molecular formula is C15H30N6O7. The van der Waals surface area contributed by atoms with E-state index in [1.54, 1.807) is 0 Å². The number of rotatable bonds is 17. The van der Waals surface area contributed by atoms with Gasteiger partial charge in [-0.1, -0.05) is 0 Å². The van der Waals surface area contributed by atoms with Gasteiger partial charge in [-0.15, -0.1) is 0 Å². The lowest BCUT2D eigenvalue weighted by molar-refractivity contribution is -0.143. The topological polar surface area (TPSA) is 207 Å². The molecule has 0 aromatic carbocycles. The van der Waals surface area contributed by atoms with Crippen LogP contribution in [0.5, 0.6) is 0 Å². The molecule has 3 amide bonds. The maximum Gasteiger partial charge on any atom is 0.326 e. The molecule has 0 heterocycles. The van der Waals surface area contributed by atoms with E-state index in [0.717, 1.165) is 0 Å². The monoisotopic (exact) mass is 406 g/mol. The van der Waals surface area contributed by atoms with E-state index in [9.17, 15) is 19.2 Å². The maximum absolute atomic E-state index is 11.7. The van der Waals surface area contributed by atoms with Crippen molar-refractivity contribution < 1.29 is 33.8 Å². The number of amides is 3.